The number of hydrazine groups is 1. The zero-order chi connectivity index (χ0) is 15.1. The molecule has 1 aromatic rings. The van der Waals surface area contributed by atoms with Crippen LogP contribution in [0.25, 0.3) is 0 Å². The molecular weight excluding hydrogens is 268 g/mol. The van der Waals surface area contributed by atoms with Gasteiger partial charge in [-0.1, -0.05) is 26.7 Å². The van der Waals surface area contributed by atoms with Crippen molar-refractivity contribution in [2.45, 2.75) is 46.0 Å². The van der Waals surface area contributed by atoms with Gasteiger partial charge in [0, 0.05) is 6.54 Å². The van der Waals surface area contributed by atoms with E-state index in [0.29, 0.717) is 30.4 Å². The van der Waals surface area contributed by atoms with Gasteiger partial charge in [-0.05, 0) is 31.1 Å². The summed E-state index contributed by atoms with van der Waals surface area (Å²) >= 11 is 0. The number of rotatable bonds is 7. The Kier molecular flexibility index (Phi) is 5.98. The normalized spacial score (nSPS) is 21.9. The van der Waals surface area contributed by atoms with E-state index in [-0.39, 0.29) is 0 Å². The molecule has 4 N–H and O–H groups in total. The smallest absolute Gasteiger partial charge is 0.323 e. The molecule has 7 nitrogen and oxygen atoms in total. The lowest BCUT2D eigenvalue weighted by molar-refractivity contribution is 0.291. The number of nitrogen functional groups attached to an aromatic ring is 1. The third-order valence-electron chi connectivity index (χ3n) is 3.86. The van der Waals surface area contributed by atoms with Gasteiger partial charge in [0.1, 0.15) is 0 Å². The summed E-state index contributed by atoms with van der Waals surface area (Å²) in [6.45, 7) is 5.82. The fraction of sp³-hybridized carbons (Fsp3) is 0.786. The van der Waals surface area contributed by atoms with Gasteiger partial charge in [0.15, 0.2) is 0 Å². The van der Waals surface area contributed by atoms with Crippen LogP contribution in [0.15, 0.2) is 0 Å². The molecule has 21 heavy (non-hydrogen) atoms. The molecule has 1 fully saturated rings. The molecule has 2 rings (SSSR count). The standard InChI is InChI=1S/C14H26N6O/c1-3-8-21-14-18-12(17-13(19-14)20-15)16-9-11-6-4-10(2)5-7-11/h10-11H,3-9,15H2,1-2H3,(H2,16,17,18,19,20). The molecule has 0 atom stereocenters. The topological polar surface area (TPSA) is 98.0 Å². The van der Waals surface area contributed by atoms with Gasteiger partial charge in [-0.2, -0.15) is 15.0 Å². The van der Waals surface area contributed by atoms with Crippen molar-refractivity contribution in [1.29, 1.82) is 0 Å². The summed E-state index contributed by atoms with van der Waals surface area (Å²) in [5.74, 6) is 7.77. The number of ether oxygens (including phenoxy) is 1. The minimum absolute atomic E-state index is 0.305. The van der Waals surface area contributed by atoms with Crippen LogP contribution in [0.3, 0.4) is 0 Å². The molecule has 0 amide bonds. The second kappa shape index (κ2) is 7.97. The van der Waals surface area contributed by atoms with E-state index >= 15 is 0 Å². The second-order valence-corrected chi connectivity index (χ2v) is 5.76. The van der Waals surface area contributed by atoms with Crippen molar-refractivity contribution < 1.29 is 4.74 Å². The van der Waals surface area contributed by atoms with E-state index in [0.717, 1.165) is 18.9 Å². The first-order valence-corrected chi connectivity index (χ1v) is 7.80. The third kappa shape index (κ3) is 5.00. The maximum absolute atomic E-state index is 5.45. The summed E-state index contributed by atoms with van der Waals surface area (Å²) in [5.41, 5.74) is 2.45. The predicted octanol–water partition coefficient (Wildman–Crippen LogP) is 2.18. The molecule has 0 unspecified atom stereocenters. The molecule has 0 aliphatic heterocycles. The Balaban J connectivity index is 1.91. The monoisotopic (exact) mass is 294 g/mol. The Morgan fingerprint density at radius 2 is 1.86 bits per heavy atom. The van der Waals surface area contributed by atoms with Crippen LogP contribution < -0.4 is 21.3 Å². The highest BCUT2D eigenvalue weighted by molar-refractivity contribution is 5.34. The van der Waals surface area contributed by atoms with Crippen molar-refractivity contribution in [3.63, 3.8) is 0 Å². The van der Waals surface area contributed by atoms with Crippen LogP contribution in [0.2, 0.25) is 0 Å². The first kappa shape index (κ1) is 15.8. The van der Waals surface area contributed by atoms with Gasteiger partial charge in [0.2, 0.25) is 11.9 Å². The molecule has 1 heterocycles. The maximum atomic E-state index is 5.45. The number of anilines is 2. The van der Waals surface area contributed by atoms with E-state index in [1.807, 2.05) is 6.92 Å². The molecule has 0 aromatic carbocycles. The van der Waals surface area contributed by atoms with Gasteiger partial charge in [0.05, 0.1) is 6.61 Å². The molecule has 7 heteroatoms. The lowest BCUT2D eigenvalue weighted by Crippen LogP contribution is -2.22. The fourth-order valence-corrected chi connectivity index (χ4v) is 2.53. The zero-order valence-electron chi connectivity index (χ0n) is 12.9. The summed E-state index contributed by atoms with van der Waals surface area (Å²) in [6.07, 6.45) is 6.05. The molecule has 1 saturated carbocycles. The predicted molar refractivity (Wildman–Crippen MR) is 83.0 cm³/mol. The fourth-order valence-electron chi connectivity index (χ4n) is 2.53. The number of nitrogens with one attached hydrogen (secondary N) is 2. The van der Waals surface area contributed by atoms with Gasteiger partial charge < -0.3 is 10.1 Å². The van der Waals surface area contributed by atoms with Gasteiger partial charge in [-0.3, -0.25) is 5.43 Å². The minimum atomic E-state index is 0.305. The van der Waals surface area contributed by atoms with E-state index in [1.54, 1.807) is 0 Å². The molecule has 0 bridgehead atoms. The largest absolute Gasteiger partial charge is 0.463 e. The van der Waals surface area contributed by atoms with Crippen LogP contribution in [-0.4, -0.2) is 28.1 Å². The molecule has 1 aliphatic rings. The van der Waals surface area contributed by atoms with Gasteiger partial charge in [-0.25, -0.2) is 5.84 Å². The van der Waals surface area contributed by atoms with Crippen molar-refractivity contribution >= 4 is 11.9 Å². The van der Waals surface area contributed by atoms with Crippen LogP contribution in [-0.2, 0) is 0 Å². The summed E-state index contributed by atoms with van der Waals surface area (Å²) in [4.78, 5) is 12.6. The Labute approximate surface area is 126 Å². The lowest BCUT2D eigenvalue weighted by Gasteiger charge is -2.26. The van der Waals surface area contributed by atoms with Crippen molar-refractivity contribution in [3.05, 3.63) is 0 Å². The Morgan fingerprint density at radius 1 is 1.14 bits per heavy atom. The average Bonchev–Trinajstić information content (AvgIpc) is 2.52. The first-order chi connectivity index (χ1) is 10.2. The van der Waals surface area contributed by atoms with Crippen LogP contribution in [0, 0.1) is 11.8 Å². The second-order valence-electron chi connectivity index (χ2n) is 5.76. The molecule has 0 saturated heterocycles. The quantitative estimate of drug-likeness (QED) is 0.523. The van der Waals surface area contributed by atoms with Crippen molar-refractivity contribution in [2.24, 2.45) is 17.7 Å². The Bertz CT molecular complexity index is 433. The van der Waals surface area contributed by atoms with E-state index in [4.69, 9.17) is 10.6 Å². The maximum Gasteiger partial charge on any atom is 0.323 e. The average molecular weight is 294 g/mol. The molecular formula is C14H26N6O. The lowest BCUT2D eigenvalue weighted by atomic mass is 9.83. The van der Waals surface area contributed by atoms with Crippen LogP contribution in [0.1, 0.15) is 46.0 Å². The molecule has 1 aromatic heterocycles. The van der Waals surface area contributed by atoms with Crippen LogP contribution in [0.4, 0.5) is 11.9 Å². The number of hydrogen-bond acceptors (Lipinski definition) is 7. The molecule has 1 aliphatic carbocycles. The number of nitrogens with two attached hydrogens (primary N) is 1. The summed E-state index contributed by atoms with van der Waals surface area (Å²) in [5, 5.41) is 3.28. The van der Waals surface area contributed by atoms with Crippen molar-refractivity contribution in [2.75, 3.05) is 23.9 Å². The zero-order valence-corrected chi connectivity index (χ0v) is 12.9. The molecule has 0 spiro atoms. The summed E-state index contributed by atoms with van der Waals surface area (Å²) in [6, 6.07) is 0.305. The van der Waals surface area contributed by atoms with E-state index in [1.165, 1.54) is 25.7 Å². The van der Waals surface area contributed by atoms with Crippen LogP contribution in [0.5, 0.6) is 6.01 Å². The van der Waals surface area contributed by atoms with Gasteiger partial charge >= 0.3 is 6.01 Å². The highest BCUT2D eigenvalue weighted by Gasteiger charge is 2.18. The Hall–Kier alpha value is -1.63. The highest BCUT2D eigenvalue weighted by atomic mass is 16.5. The number of nitrogens with zero attached hydrogens (tertiary/aromatic N) is 3. The van der Waals surface area contributed by atoms with E-state index < -0.39 is 0 Å². The third-order valence-corrected chi connectivity index (χ3v) is 3.86. The molecule has 0 radical (unpaired) electrons. The number of aromatic nitrogens is 3. The van der Waals surface area contributed by atoms with E-state index in [9.17, 15) is 0 Å². The van der Waals surface area contributed by atoms with Crippen molar-refractivity contribution in [1.82, 2.24) is 15.0 Å². The summed E-state index contributed by atoms with van der Waals surface area (Å²) in [7, 11) is 0. The highest BCUT2D eigenvalue weighted by Crippen LogP contribution is 2.28. The summed E-state index contributed by atoms with van der Waals surface area (Å²) < 4.78 is 5.45. The SMILES string of the molecule is CCCOc1nc(NN)nc(NCC2CCC(C)CC2)n1. The number of hydrogen-bond donors (Lipinski definition) is 3. The Morgan fingerprint density at radius 3 is 2.52 bits per heavy atom. The first-order valence-electron chi connectivity index (χ1n) is 7.80. The molecule has 118 valence electrons. The van der Waals surface area contributed by atoms with Crippen molar-refractivity contribution in [3.8, 4) is 6.01 Å². The van der Waals surface area contributed by atoms with E-state index in [2.05, 4.69) is 32.6 Å². The van der Waals surface area contributed by atoms with Crippen LogP contribution >= 0.6 is 0 Å². The van der Waals surface area contributed by atoms with Gasteiger partial charge in [-0.15, -0.1) is 0 Å². The van der Waals surface area contributed by atoms with Gasteiger partial charge in [0.25, 0.3) is 0 Å². The minimum Gasteiger partial charge on any atom is -0.463 e.